The highest BCUT2D eigenvalue weighted by molar-refractivity contribution is 8.33. The zero-order chi connectivity index (χ0) is 39.8. The zero-order valence-electron chi connectivity index (χ0n) is 31.9. The SMILES string of the molecule is Cc1ccc(S(=O)(=O)OS(c2ccc(OCC(=O)OC(C)(C)C)cc2)(c2cccc(OCc3ccncc3)c2)c2cccc(OCc3ccncc3)c2)c(C)c1. The fourth-order valence-electron chi connectivity index (χ4n) is 5.79. The van der Waals surface area contributed by atoms with Gasteiger partial charge in [0, 0.05) is 39.5 Å². The lowest BCUT2D eigenvalue weighted by molar-refractivity contribution is -0.157. The monoisotopic (exact) mass is 792 g/mol. The molecule has 0 aliphatic rings. The van der Waals surface area contributed by atoms with Gasteiger partial charge in [-0.2, -0.15) is 8.42 Å². The van der Waals surface area contributed by atoms with Gasteiger partial charge in [-0.1, -0.05) is 29.8 Å². The molecule has 0 atom stereocenters. The summed E-state index contributed by atoms with van der Waals surface area (Å²) in [5.41, 5.74) is 2.63. The molecule has 290 valence electrons. The van der Waals surface area contributed by atoms with Crippen LogP contribution in [0.15, 0.2) is 160 Å². The molecular formula is C44H44N2O8S2. The van der Waals surface area contributed by atoms with Crippen molar-refractivity contribution >= 4 is 26.4 Å². The van der Waals surface area contributed by atoms with E-state index in [9.17, 15) is 13.2 Å². The van der Waals surface area contributed by atoms with Gasteiger partial charge in [-0.25, -0.2) is 8.42 Å². The number of ether oxygens (including phenoxy) is 4. The molecule has 4 aromatic carbocycles. The van der Waals surface area contributed by atoms with Crippen molar-refractivity contribution < 1.29 is 35.8 Å². The Bertz CT molecular complexity index is 2280. The number of aryl methyl sites for hydroxylation is 2. The molecule has 10 nitrogen and oxygen atoms in total. The fourth-order valence-corrected chi connectivity index (χ4v) is 11.2. The van der Waals surface area contributed by atoms with Crippen LogP contribution in [-0.4, -0.2) is 36.6 Å². The summed E-state index contributed by atoms with van der Waals surface area (Å²) >= 11 is 0. The van der Waals surface area contributed by atoms with E-state index in [0.29, 0.717) is 37.5 Å². The summed E-state index contributed by atoms with van der Waals surface area (Å²) in [6.45, 7) is 9.22. The Balaban J connectivity index is 1.49. The van der Waals surface area contributed by atoms with Gasteiger partial charge in [0.15, 0.2) is 6.61 Å². The molecule has 0 bridgehead atoms. The number of hydrogen-bond donors (Lipinski definition) is 0. The Labute approximate surface area is 330 Å². The van der Waals surface area contributed by atoms with E-state index < -0.39 is 32.0 Å². The van der Waals surface area contributed by atoms with Crippen molar-refractivity contribution in [2.75, 3.05) is 6.61 Å². The van der Waals surface area contributed by atoms with Crippen LogP contribution in [0.5, 0.6) is 17.2 Å². The topological polar surface area (TPSA) is 123 Å². The van der Waals surface area contributed by atoms with Gasteiger partial charge < -0.3 is 18.9 Å². The summed E-state index contributed by atoms with van der Waals surface area (Å²) in [6.07, 6.45) is 6.78. The lowest BCUT2D eigenvalue weighted by Gasteiger charge is -2.39. The minimum absolute atomic E-state index is 0.0486. The van der Waals surface area contributed by atoms with Gasteiger partial charge >= 0.3 is 16.1 Å². The molecule has 0 N–H and O–H groups in total. The fraction of sp³-hybridized carbons (Fsp3) is 0.205. The quantitative estimate of drug-likeness (QED) is 0.0929. The van der Waals surface area contributed by atoms with Crippen LogP contribution in [0.2, 0.25) is 0 Å². The maximum absolute atomic E-state index is 14.7. The lowest BCUT2D eigenvalue weighted by atomic mass is 10.2. The van der Waals surface area contributed by atoms with E-state index >= 15 is 0 Å². The normalized spacial score (nSPS) is 12.1. The van der Waals surface area contributed by atoms with Crippen molar-refractivity contribution in [2.24, 2.45) is 0 Å². The first-order chi connectivity index (χ1) is 26.8. The third-order valence-electron chi connectivity index (χ3n) is 8.31. The number of rotatable bonds is 15. The van der Waals surface area contributed by atoms with Crippen LogP contribution in [-0.2, 0) is 36.5 Å². The number of carbonyl (C=O) groups is 1. The van der Waals surface area contributed by atoms with Crippen LogP contribution < -0.4 is 14.2 Å². The number of aromatic nitrogens is 2. The number of benzene rings is 4. The summed E-state index contributed by atoms with van der Waals surface area (Å²) in [4.78, 5) is 22.3. The molecule has 0 aliphatic carbocycles. The molecule has 12 heteroatoms. The average Bonchev–Trinajstić information content (AvgIpc) is 3.18. The Kier molecular flexibility index (Phi) is 12.4. The van der Waals surface area contributed by atoms with Crippen molar-refractivity contribution in [3.8, 4) is 17.2 Å². The number of pyridine rings is 2. The molecule has 0 spiro atoms. The first kappa shape index (κ1) is 40.0. The Morgan fingerprint density at radius 2 is 1.14 bits per heavy atom. The maximum Gasteiger partial charge on any atom is 0.344 e. The molecule has 2 heterocycles. The van der Waals surface area contributed by atoms with E-state index in [1.807, 2.05) is 85.8 Å². The molecule has 6 aromatic rings. The molecule has 0 aliphatic heterocycles. The highest BCUT2D eigenvalue weighted by Gasteiger charge is 2.39. The Hall–Kier alpha value is -5.69. The van der Waals surface area contributed by atoms with Crippen LogP contribution in [0.25, 0.3) is 0 Å². The van der Waals surface area contributed by atoms with E-state index in [0.717, 1.165) is 16.7 Å². The number of hydrogen-bond acceptors (Lipinski definition) is 10. The van der Waals surface area contributed by atoms with Gasteiger partial charge in [0.1, 0.15) is 36.1 Å². The third-order valence-corrected chi connectivity index (χ3v) is 13.6. The average molecular weight is 793 g/mol. The molecular weight excluding hydrogens is 749 g/mol. The van der Waals surface area contributed by atoms with Crippen LogP contribution in [0.4, 0.5) is 0 Å². The molecule has 0 unspecified atom stereocenters. The highest BCUT2D eigenvalue weighted by atomic mass is 32.3. The second-order valence-corrected chi connectivity index (χ2v) is 18.4. The lowest BCUT2D eigenvalue weighted by Crippen LogP contribution is -2.27. The molecule has 0 radical (unpaired) electrons. The standard InChI is InChI=1S/C44H44N2O8S2/c1-32-12-17-42(33(2)26-32)56(48,49)54-55(39-15-13-36(14-16-39)52-31-43(47)53-44(3,4)5,40-10-6-8-37(27-40)50-29-34-18-22-45-23-19-34)41-11-7-9-38(28-41)51-30-35-20-24-46-25-21-35/h6-28H,29-31H2,1-5H3. The van der Waals surface area contributed by atoms with Crippen LogP contribution in [0.1, 0.15) is 43.0 Å². The second-order valence-electron chi connectivity index (χ2n) is 13.9. The van der Waals surface area contributed by atoms with E-state index in [4.69, 9.17) is 22.6 Å². The van der Waals surface area contributed by atoms with Gasteiger partial charge in [-0.15, -0.1) is 0 Å². The van der Waals surface area contributed by atoms with E-state index in [-0.39, 0.29) is 24.7 Å². The van der Waals surface area contributed by atoms with Crippen LogP contribution in [0, 0.1) is 13.8 Å². The number of carbonyl (C=O) groups excluding carboxylic acids is 1. The van der Waals surface area contributed by atoms with Crippen molar-refractivity contribution in [3.63, 3.8) is 0 Å². The third kappa shape index (κ3) is 10.1. The van der Waals surface area contributed by atoms with Crippen molar-refractivity contribution in [2.45, 2.75) is 73.0 Å². The van der Waals surface area contributed by atoms with Gasteiger partial charge in [-0.05, 0) is 153 Å². The maximum atomic E-state index is 14.7. The molecule has 6 rings (SSSR count). The van der Waals surface area contributed by atoms with E-state index in [1.54, 1.807) is 88.9 Å². The second kappa shape index (κ2) is 17.4. The minimum Gasteiger partial charge on any atom is -0.489 e. The van der Waals surface area contributed by atoms with Crippen molar-refractivity contribution in [3.05, 3.63) is 162 Å². The van der Waals surface area contributed by atoms with E-state index in [2.05, 4.69) is 9.97 Å². The summed E-state index contributed by atoms with van der Waals surface area (Å²) in [7, 11) is -7.61. The van der Waals surface area contributed by atoms with Gasteiger partial charge in [-0.3, -0.25) is 9.97 Å². The van der Waals surface area contributed by atoms with Gasteiger partial charge in [0.25, 0.3) is 0 Å². The van der Waals surface area contributed by atoms with Crippen molar-refractivity contribution in [1.29, 1.82) is 0 Å². The molecule has 0 saturated heterocycles. The first-order valence-electron chi connectivity index (χ1n) is 17.9. The zero-order valence-corrected chi connectivity index (χ0v) is 33.5. The summed E-state index contributed by atoms with van der Waals surface area (Å²) in [5.74, 6) is 0.878. The largest absolute Gasteiger partial charge is 0.489 e. The first-order valence-corrected chi connectivity index (χ1v) is 20.8. The molecule has 0 saturated carbocycles. The number of esters is 1. The molecule has 2 aromatic heterocycles. The summed E-state index contributed by atoms with van der Waals surface area (Å²) < 4.78 is 59.8. The van der Waals surface area contributed by atoms with Gasteiger partial charge in [0.05, 0.1) is 4.90 Å². The highest BCUT2D eigenvalue weighted by Crippen LogP contribution is 2.71. The predicted molar refractivity (Wildman–Crippen MR) is 214 cm³/mol. The predicted octanol–water partition coefficient (Wildman–Crippen LogP) is 9.57. The van der Waals surface area contributed by atoms with Gasteiger partial charge in [0.2, 0.25) is 0 Å². The molecule has 0 fully saturated rings. The summed E-state index contributed by atoms with van der Waals surface area (Å²) in [5, 5.41) is 0. The Morgan fingerprint density at radius 1 is 0.607 bits per heavy atom. The molecule has 0 amide bonds. The minimum atomic E-state index is -4.45. The Morgan fingerprint density at radius 3 is 1.64 bits per heavy atom. The van der Waals surface area contributed by atoms with Crippen LogP contribution in [0.3, 0.4) is 0 Å². The smallest absolute Gasteiger partial charge is 0.344 e. The van der Waals surface area contributed by atoms with Crippen LogP contribution >= 0.6 is 10.3 Å². The van der Waals surface area contributed by atoms with E-state index in [1.165, 1.54) is 0 Å². The number of nitrogens with zero attached hydrogens (tertiary/aromatic N) is 2. The van der Waals surface area contributed by atoms with Crippen molar-refractivity contribution in [1.82, 2.24) is 9.97 Å². The summed E-state index contributed by atoms with van der Waals surface area (Å²) in [6, 6.07) is 34.0. The molecule has 56 heavy (non-hydrogen) atoms.